The number of rotatable bonds is 2. The van der Waals surface area contributed by atoms with E-state index in [0.29, 0.717) is 19.1 Å². The second kappa shape index (κ2) is 3.56. The summed E-state index contributed by atoms with van der Waals surface area (Å²) in [5.41, 5.74) is -0.328. The molecule has 3 atom stereocenters. The molecular weight excluding hydrogens is 218 g/mol. The number of carbonyl (C=O) groups excluding carboxylic acids is 1. The third kappa shape index (κ3) is 1.34. The van der Waals surface area contributed by atoms with E-state index in [9.17, 15) is 4.79 Å². The van der Waals surface area contributed by atoms with Crippen LogP contribution in [0, 0.1) is 0 Å². The van der Waals surface area contributed by atoms with Crippen LogP contribution in [-0.2, 0) is 14.3 Å². The van der Waals surface area contributed by atoms with Gasteiger partial charge in [-0.1, -0.05) is 6.08 Å². The largest absolute Gasteiger partial charge is 0.431 e. The van der Waals surface area contributed by atoms with Crippen LogP contribution < -0.4 is 0 Å². The van der Waals surface area contributed by atoms with Gasteiger partial charge < -0.3 is 9.47 Å². The van der Waals surface area contributed by atoms with Gasteiger partial charge in [0.25, 0.3) is 0 Å². The van der Waals surface area contributed by atoms with Crippen molar-refractivity contribution >= 4 is 5.97 Å². The van der Waals surface area contributed by atoms with Gasteiger partial charge >= 0.3 is 5.97 Å². The van der Waals surface area contributed by atoms with Crippen molar-refractivity contribution in [3.63, 3.8) is 0 Å². The lowest BCUT2D eigenvalue weighted by Crippen LogP contribution is -2.67. The Morgan fingerprint density at radius 2 is 2.47 bits per heavy atom. The van der Waals surface area contributed by atoms with Gasteiger partial charge in [-0.3, -0.25) is 9.69 Å². The van der Waals surface area contributed by atoms with E-state index in [0.717, 1.165) is 19.4 Å². The molecule has 0 amide bonds. The Morgan fingerprint density at radius 1 is 1.65 bits per heavy atom. The fourth-order valence-corrected chi connectivity index (χ4v) is 3.72. The standard InChI is InChI=1S/C13H19NO3/c1-3-6-13-8-11(15)17-12(13,2)16-9-10-5-4-7-14(10)13/h3,10H,1,4-9H2,2H3/t10-,12-,13+/m0/s1. The van der Waals surface area contributed by atoms with Crippen molar-refractivity contribution in [2.24, 2.45) is 0 Å². The number of esters is 1. The van der Waals surface area contributed by atoms with Gasteiger partial charge in [0.15, 0.2) is 0 Å². The zero-order valence-corrected chi connectivity index (χ0v) is 10.3. The zero-order valence-electron chi connectivity index (χ0n) is 10.3. The molecule has 17 heavy (non-hydrogen) atoms. The second-order valence-corrected chi connectivity index (χ2v) is 5.42. The fourth-order valence-electron chi connectivity index (χ4n) is 3.72. The lowest BCUT2D eigenvalue weighted by atomic mass is 9.81. The van der Waals surface area contributed by atoms with Crippen LogP contribution in [0.1, 0.15) is 32.6 Å². The van der Waals surface area contributed by atoms with Gasteiger partial charge in [0.05, 0.1) is 13.0 Å². The molecule has 0 N–H and O–H groups in total. The molecule has 3 rings (SSSR count). The minimum absolute atomic E-state index is 0.151. The summed E-state index contributed by atoms with van der Waals surface area (Å²) in [6, 6.07) is 0.442. The summed E-state index contributed by atoms with van der Waals surface area (Å²) in [7, 11) is 0. The SMILES string of the molecule is C=CC[C@@]12CC(=O)O[C@]1(C)OC[C@@H]1CCCN12. The van der Waals surface area contributed by atoms with Crippen LogP contribution in [0.2, 0.25) is 0 Å². The predicted octanol–water partition coefficient (Wildman–Crippen LogP) is 1.46. The third-order valence-corrected chi connectivity index (χ3v) is 4.55. The monoisotopic (exact) mass is 237 g/mol. The highest BCUT2D eigenvalue weighted by atomic mass is 16.7. The third-order valence-electron chi connectivity index (χ3n) is 4.55. The van der Waals surface area contributed by atoms with E-state index in [1.807, 2.05) is 13.0 Å². The molecular formula is C13H19NO3. The number of hydrogen-bond donors (Lipinski definition) is 0. The first-order valence-corrected chi connectivity index (χ1v) is 6.35. The number of fused-ring (bicyclic) bond motifs is 3. The van der Waals surface area contributed by atoms with E-state index in [1.54, 1.807) is 0 Å². The average molecular weight is 237 g/mol. The van der Waals surface area contributed by atoms with Crippen LogP contribution >= 0.6 is 0 Å². The Balaban J connectivity index is 2.04. The number of morpholine rings is 1. The molecule has 3 aliphatic heterocycles. The molecule has 94 valence electrons. The molecule has 0 radical (unpaired) electrons. The summed E-state index contributed by atoms with van der Waals surface area (Å²) in [4.78, 5) is 14.2. The van der Waals surface area contributed by atoms with Gasteiger partial charge in [-0.25, -0.2) is 0 Å². The first-order valence-electron chi connectivity index (χ1n) is 6.35. The molecule has 4 heteroatoms. The van der Waals surface area contributed by atoms with Gasteiger partial charge in [0.1, 0.15) is 5.54 Å². The smallest absolute Gasteiger partial charge is 0.310 e. The Morgan fingerprint density at radius 3 is 3.24 bits per heavy atom. The zero-order chi connectivity index (χ0) is 12.1. The molecule has 3 saturated heterocycles. The van der Waals surface area contributed by atoms with E-state index in [2.05, 4.69) is 11.5 Å². The molecule has 3 heterocycles. The van der Waals surface area contributed by atoms with Crippen molar-refractivity contribution in [1.82, 2.24) is 4.90 Å². The number of nitrogens with zero attached hydrogens (tertiary/aromatic N) is 1. The molecule has 0 aromatic heterocycles. The first-order chi connectivity index (χ1) is 8.11. The molecule has 0 saturated carbocycles. The highest BCUT2D eigenvalue weighted by molar-refractivity contribution is 5.75. The quantitative estimate of drug-likeness (QED) is 0.538. The predicted molar refractivity (Wildman–Crippen MR) is 62.3 cm³/mol. The highest BCUT2D eigenvalue weighted by Gasteiger charge is 2.65. The Hall–Kier alpha value is -0.870. The van der Waals surface area contributed by atoms with E-state index >= 15 is 0 Å². The van der Waals surface area contributed by atoms with Gasteiger partial charge in [0.2, 0.25) is 5.79 Å². The minimum atomic E-state index is -0.793. The molecule has 0 aromatic rings. The lowest BCUT2D eigenvalue weighted by molar-refractivity contribution is -0.282. The Labute approximate surface area is 102 Å². The summed E-state index contributed by atoms with van der Waals surface area (Å²) in [6.45, 7) is 7.44. The van der Waals surface area contributed by atoms with Crippen molar-refractivity contribution < 1.29 is 14.3 Å². The topological polar surface area (TPSA) is 38.8 Å². The molecule has 0 unspecified atom stereocenters. The normalized spacial score (nSPS) is 45.2. The van der Waals surface area contributed by atoms with Crippen molar-refractivity contribution in [2.75, 3.05) is 13.2 Å². The van der Waals surface area contributed by atoms with Crippen LogP contribution in [0.3, 0.4) is 0 Å². The maximum Gasteiger partial charge on any atom is 0.310 e. The van der Waals surface area contributed by atoms with Crippen molar-refractivity contribution in [2.45, 2.75) is 50.0 Å². The van der Waals surface area contributed by atoms with Crippen molar-refractivity contribution in [1.29, 1.82) is 0 Å². The van der Waals surface area contributed by atoms with Crippen molar-refractivity contribution in [3.8, 4) is 0 Å². The van der Waals surface area contributed by atoms with Crippen molar-refractivity contribution in [3.05, 3.63) is 12.7 Å². The van der Waals surface area contributed by atoms with E-state index in [-0.39, 0.29) is 11.5 Å². The lowest BCUT2D eigenvalue weighted by Gasteiger charge is -2.52. The highest BCUT2D eigenvalue weighted by Crippen LogP contribution is 2.50. The van der Waals surface area contributed by atoms with Gasteiger partial charge in [-0.15, -0.1) is 6.58 Å². The summed E-state index contributed by atoms with van der Waals surface area (Å²) >= 11 is 0. The molecule has 0 bridgehead atoms. The second-order valence-electron chi connectivity index (χ2n) is 5.42. The van der Waals surface area contributed by atoms with Crippen LogP contribution in [0.5, 0.6) is 0 Å². The molecule has 0 spiro atoms. The maximum absolute atomic E-state index is 11.7. The molecule has 4 nitrogen and oxygen atoms in total. The summed E-state index contributed by atoms with van der Waals surface area (Å²) in [6.07, 6.45) is 5.38. The number of ether oxygens (including phenoxy) is 2. The summed E-state index contributed by atoms with van der Waals surface area (Å²) in [5.74, 6) is -0.944. The van der Waals surface area contributed by atoms with E-state index in [1.165, 1.54) is 6.42 Å². The Bertz CT molecular complexity index is 370. The fraction of sp³-hybridized carbons (Fsp3) is 0.769. The van der Waals surface area contributed by atoms with Crippen LogP contribution in [0.25, 0.3) is 0 Å². The van der Waals surface area contributed by atoms with Gasteiger partial charge in [-0.05, 0) is 25.8 Å². The van der Waals surface area contributed by atoms with Gasteiger partial charge in [-0.2, -0.15) is 0 Å². The Kier molecular flexibility index (Phi) is 2.35. The van der Waals surface area contributed by atoms with Crippen LogP contribution in [0.15, 0.2) is 12.7 Å². The molecule has 3 fully saturated rings. The van der Waals surface area contributed by atoms with Crippen LogP contribution in [0.4, 0.5) is 0 Å². The van der Waals surface area contributed by atoms with E-state index < -0.39 is 5.79 Å². The number of hydrogen-bond acceptors (Lipinski definition) is 4. The number of carbonyl (C=O) groups is 1. The van der Waals surface area contributed by atoms with Gasteiger partial charge in [0, 0.05) is 13.0 Å². The molecule has 0 aliphatic carbocycles. The van der Waals surface area contributed by atoms with E-state index in [4.69, 9.17) is 9.47 Å². The first kappa shape index (κ1) is 11.2. The summed E-state index contributed by atoms with van der Waals surface area (Å²) < 4.78 is 11.4. The average Bonchev–Trinajstić information content (AvgIpc) is 2.81. The van der Waals surface area contributed by atoms with Crippen LogP contribution in [-0.4, -0.2) is 41.4 Å². The minimum Gasteiger partial charge on any atom is -0.431 e. The summed E-state index contributed by atoms with van der Waals surface area (Å²) in [5, 5.41) is 0. The maximum atomic E-state index is 11.7. The molecule has 0 aromatic carbocycles. The molecule has 3 aliphatic rings.